The lowest BCUT2D eigenvalue weighted by atomic mass is 10.0. The number of amides is 2. The maximum Gasteiger partial charge on any atom is 0.308 e. The molecule has 0 aliphatic rings. The summed E-state index contributed by atoms with van der Waals surface area (Å²) in [7, 11) is 0. The molecule has 2 N–H and O–H groups in total. The largest absolute Gasteiger partial charge is 0.481 e. The first-order valence-electron chi connectivity index (χ1n) is 9.88. The van der Waals surface area contributed by atoms with Crippen molar-refractivity contribution >= 4 is 17.8 Å². The molecule has 0 aliphatic carbocycles. The number of rotatable bonds is 9. The van der Waals surface area contributed by atoms with Crippen molar-refractivity contribution in [2.45, 2.75) is 39.7 Å². The van der Waals surface area contributed by atoms with E-state index in [1.807, 2.05) is 24.3 Å². The first-order chi connectivity index (χ1) is 14.3. The van der Waals surface area contributed by atoms with E-state index in [9.17, 15) is 14.4 Å². The molecule has 30 heavy (non-hydrogen) atoms. The number of esters is 1. The Morgan fingerprint density at radius 1 is 0.933 bits per heavy atom. The van der Waals surface area contributed by atoms with E-state index < -0.39 is 12.1 Å². The third-order valence-electron chi connectivity index (χ3n) is 4.28. The molecule has 0 saturated heterocycles. The summed E-state index contributed by atoms with van der Waals surface area (Å²) in [6.45, 7) is 7.62. The predicted octanol–water partition coefficient (Wildman–Crippen LogP) is 3.05. The van der Waals surface area contributed by atoms with Crippen LogP contribution in [-0.2, 0) is 9.59 Å². The van der Waals surface area contributed by atoms with Crippen LogP contribution in [0, 0.1) is 0 Å². The number of benzene rings is 2. The Bertz CT molecular complexity index is 895. The van der Waals surface area contributed by atoms with Crippen LogP contribution in [0.4, 0.5) is 0 Å². The van der Waals surface area contributed by atoms with Crippen LogP contribution in [0.25, 0.3) is 0 Å². The molecule has 0 aromatic heterocycles. The average Bonchev–Trinajstić information content (AvgIpc) is 2.70. The second-order valence-electron chi connectivity index (χ2n) is 7.12. The molecule has 0 bridgehead atoms. The molecule has 2 aromatic carbocycles. The number of nitrogens with one attached hydrogen (secondary N) is 2. The molecule has 1 unspecified atom stereocenters. The van der Waals surface area contributed by atoms with Gasteiger partial charge in [-0.05, 0) is 42.7 Å². The zero-order chi connectivity index (χ0) is 22.1. The number of hydrogen-bond acceptors (Lipinski definition) is 5. The lowest BCUT2D eigenvalue weighted by Gasteiger charge is -2.18. The van der Waals surface area contributed by atoms with Gasteiger partial charge in [0.25, 0.3) is 11.8 Å². The van der Waals surface area contributed by atoms with Gasteiger partial charge >= 0.3 is 5.97 Å². The second-order valence-corrected chi connectivity index (χ2v) is 7.12. The van der Waals surface area contributed by atoms with Crippen molar-refractivity contribution in [1.82, 2.24) is 10.6 Å². The van der Waals surface area contributed by atoms with Gasteiger partial charge in [-0.25, -0.2) is 0 Å². The monoisotopic (exact) mass is 412 g/mol. The highest BCUT2D eigenvalue weighted by molar-refractivity contribution is 5.94. The van der Waals surface area contributed by atoms with E-state index in [-0.39, 0.29) is 30.8 Å². The number of hydrogen-bond donors (Lipinski definition) is 2. The highest BCUT2D eigenvalue weighted by atomic mass is 16.5. The highest BCUT2D eigenvalue weighted by Crippen LogP contribution is 2.26. The molecular formula is C23H28N2O5. The highest BCUT2D eigenvalue weighted by Gasteiger charge is 2.17. The van der Waals surface area contributed by atoms with E-state index in [2.05, 4.69) is 24.5 Å². The van der Waals surface area contributed by atoms with Crippen LogP contribution in [0.2, 0.25) is 0 Å². The lowest BCUT2D eigenvalue weighted by Crippen LogP contribution is -2.40. The topological polar surface area (TPSA) is 93.7 Å². The van der Waals surface area contributed by atoms with Crippen molar-refractivity contribution in [1.29, 1.82) is 0 Å². The standard InChI is InChI=1S/C23H28N2O5/c1-15(2)20-10-5-6-11-21(20)29-16(3)22(27)24-12-13-25-23(28)18-8-7-9-19(14-18)30-17(4)26/h5-11,14-16H,12-13H2,1-4H3,(H,24,27)(H,25,28). The number of carbonyl (C=O) groups is 3. The first-order valence-corrected chi connectivity index (χ1v) is 9.88. The summed E-state index contributed by atoms with van der Waals surface area (Å²) in [5.41, 5.74) is 1.41. The normalized spacial score (nSPS) is 11.5. The van der Waals surface area contributed by atoms with Crippen LogP contribution in [0.1, 0.15) is 49.5 Å². The third-order valence-corrected chi connectivity index (χ3v) is 4.28. The molecular weight excluding hydrogens is 384 g/mol. The summed E-state index contributed by atoms with van der Waals surface area (Å²) in [6, 6.07) is 14.0. The molecule has 160 valence electrons. The average molecular weight is 412 g/mol. The van der Waals surface area contributed by atoms with Crippen molar-refractivity contribution in [2.75, 3.05) is 13.1 Å². The van der Waals surface area contributed by atoms with Crippen molar-refractivity contribution in [3.8, 4) is 11.5 Å². The zero-order valence-corrected chi connectivity index (χ0v) is 17.7. The van der Waals surface area contributed by atoms with Gasteiger partial charge in [0.05, 0.1) is 0 Å². The van der Waals surface area contributed by atoms with Crippen molar-refractivity contribution < 1.29 is 23.9 Å². The fourth-order valence-corrected chi connectivity index (χ4v) is 2.78. The van der Waals surface area contributed by atoms with Gasteiger partial charge in [-0.15, -0.1) is 0 Å². The van der Waals surface area contributed by atoms with Gasteiger partial charge < -0.3 is 20.1 Å². The second kappa shape index (κ2) is 11.0. The summed E-state index contributed by atoms with van der Waals surface area (Å²) in [5, 5.41) is 5.46. The minimum absolute atomic E-state index is 0.248. The number of ether oxygens (including phenoxy) is 2. The summed E-state index contributed by atoms with van der Waals surface area (Å²) < 4.78 is 10.8. The zero-order valence-electron chi connectivity index (χ0n) is 17.7. The van der Waals surface area contributed by atoms with Gasteiger partial charge in [0.2, 0.25) is 0 Å². The Balaban J connectivity index is 1.79. The lowest BCUT2D eigenvalue weighted by molar-refractivity contribution is -0.132. The molecule has 0 spiro atoms. The number of carbonyl (C=O) groups excluding carboxylic acids is 3. The molecule has 0 fully saturated rings. The van der Waals surface area contributed by atoms with Gasteiger partial charge in [-0.1, -0.05) is 38.1 Å². The summed E-state index contributed by atoms with van der Waals surface area (Å²) in [4.78, 5) is 35.5. The van der Waals surface area contributed by atoms with Gasteiger partial charge in [-0.3, -0.25) is 14.4 Å². The van der Waals surface area contributed by atoms with E-state index in [1.54, 1.807) is 25.1 Å². The maximum absolute atomic E-state index is 12.3. The van der Waals surface area contributed by atoms with E-state index in [0.29, 0.717) is 17.1 Å². The third kappa shape index (κ3) is 6.92. The Morgan fingerprint density at radius 2 is 1.63 bits per heavy atom. The molecule has 0 radical (unpaired) electrons. The minimum atomic E-state index is -0.666. The minimum Gasteiger partial charge on any atom is -0.481 e. The van der Waals surface area contributed by atoms with Crippen molar-refractivity contribution in [3.05, 3.63) is 59.7 Å². The molecule has 0 heterocycles. The summed E-state index contributed by atoms with van der Waals surface area (Å²) in [6.07, 6.45) is -0.666. The van der Waals surface area contributed by atoms with Crippen LogP contribution >= 0.6 is 0 Å². The SMILES string of the molecule is CC(=O)Oc1cccc(C(=O)NCCNC(=O)C(C)Oc2ccccc2C(C)C)c1. The molecule has 0 saturated carbocycles. The summed E-state index contributed by atoms with van der Waals surface area (Å²) >= 11 is 0. The van der Waals surface area contributed by atoms with Gasteiger partial charge in [0, 0.05) is 25.6 Å². The van der Waals surface area contributed by atoms with Gasteiger partial charge in [0.15, 0.2) is 6.10 Å². The molecule has 7 heteroatoms. The van der Waals surface area contributed by atoms with Crippen LogP contribution in [0.5, 0.6) is 11.5 Å². The predicted molar refractivity (Wildman–Crippen MR) is 114 cm³/mol. The molecule has 2 amide bonds. The van der Waals surface area contributed by atoms with Crippen LogP contribution in [0.15, 0.2) is 48.5 Å². The van der Waals surface area contributed by atoms with Crippen molar-refractivity contribution in [3.63, 3.8) is 0 Å². The van der Waals surface area contributed by atoms with Crippen LogP contribution in [-0.4, -0.2) is 37.0 Å². The Labute approximate surface area is 176 Å². The molecule has 7 nitrogen and oxygen atoms in total. The quantitative estimate of drug-likeness (QED) is 0.375. The molecule has 2 rings (SSSR count). The smallest absolute Gasteiger partial charge is 0.308 e. The van der Waals surface area contributed by atoms with E-state index in [0.717, 1.165) is 5.56 Å². The Hall–Kier alpha value is -3.35. The van der Waals surface area contributed by atoms with E-state index in [1.165, 1.54) is 13.0 Å². The van der Waals surface area contributed by atoms with Crippen LogP contribution < -0.4 is 20.1 Å². The first kappa shape index (κ1) is 22.9. The van der Waals surface area contributed by atoms with Crippen molar-refractivity contribution in [2.24, 2.45) is 0 Å². The fraction of sp³-hybridized carbons (Fsp3) is 0.348. The van der Waals surface area contributed by atoms with Crippen LogP contribution in [0.3, 0.4) is 0 Å². The van der Waals surface area contributed by atoms with Gasteiger partial charge in [0.1, 0.15) is 11.5 Å². The Morgan fingerprint density at radius 3 is 2.33 bits per heavy atom. The van der Waals surface area contributed by atoms with Gasteiger partial charge in [-0.2, -0.15) is 0 Å². The van der Waals surface area contributed by atoms with E-state index >= 15 is 0 Å². The fourth-order valence-electron chi connectivity index (χ4n) is 2.78. The number of para-hydroxylation sites is 1. The molecule has 2 aromatic rings. The Kier molecular flexibility index (Phi) is 8.41. The molecule has 0 aliphatic heterocycles. The van der Waals surface area contributed by atoms with E-state index in [4.69, 9.17) is 9.47 Å². The maximum atomic E-state index is 12.3. The molecule has 1 atom stereocenters. The summed E-state index contributed by atoms with van der Waals surface area (Å²) in [5.74, 6) is 0.231.